The molecule has 1 amide bonds. The Morgan fingerprint density at radius 2 is 1.77 bits per heavy atom. The Morgan fingerprint density at radius 1 is 1.11 bits per heavy atom. The molecule has 2 aromatic carbocycles. The van der Waals surface area contributed by atoms with Gasteiger partial charge in [-0.1, -0.05) is 41.5 Å². The van der Waals surface area contributed by atoms with Crippen LogP contribution in [0.3, 0.4) is 0 Å². The second kappa shape index (κ2) is 10.8. The minimum absolute atomic E-state index is 0.0457. The van der Waals surface area contributed by atoms with E-state index in [9.17, 15) is 13.2 Å². The van der Waals surface area contributed by atoms with Gasteiger partial charge in [-0.05, 0) is 61.5 Å². The molecule has 35 heavy (non-hydrogen) atoms. The molecule has 0 N–H and O–H groups in total. The highest BCUT2D eigenvalue weighted by atomic mass is 32.2. The minimum Gasteiger partial charge on any atom is -0.491 e. The molecule has 0 radical (unpaired) electrons. The van der Waals surface area contributed by atoms with Crippen LogP contribution in [0.2, 0.25) is 0 Å². The van der Waals surface area contributed by atoms with Crippen LogP contribution >= 0.6 is 11.3 Å². The van der Waals surface area contributed by atoms with Crippen LogP contribution in [0, 0.1) is 13.8 Å². The molecule has 2 heterocycles. The second-order valence-electron chi connectivity index (χ2n) is 8.68. The summed E-state index contributed by atoms with van der Waals surface area (Å²) in [6, 6.07) is 16.2. The van der Waals surface area contributed by atoms with Crippen molar-refractivity contribution in [3.63, 3.8) is 0 Å². The number of ether oxygens (including phenoxy) is 1. The minimum atomic E-state index is -3.85. The number of rotatable bonds is 9. The van der Waals surface area contributed by atoms with E-state index in [0.29, 0.717) is 13.2 Å². The van der Waals surface area contributed by atoms with Crippen LogP contribution in [-0.4, -0.2) is 49.8 Å². The Labute approximate surface area is 211 Å². The first-order valence-electron chi connectivity index (χ1n) is 11.5. The number of aryl methyl sites for hydroxylation is 2. The van der Waals surface area contributed by atoms with E-state index in [1.54, 1.807) is 40.5 Å². The Morgan fingerprint density at radius 3 is 2.43 bits per heavy atom. The van der Waals surface area contributed by atoms with Crippen molar-refractivity contribution in [2.75, 3.05) is 26.2 Å². The molecule has 8 heteroatoms. The van der Waals surface area contributed by atoms with Crippen molar-refractivity contribution in [1.29, 1.82) is 0 Å². The summed E-state index contributed by atoms with van der Waals surface area (Å²) < 4.78 is 33.9. The highest BCUT2D eigenvalue weighted by Gasteiger charge is 2.35. The van der Waals surface area contributed by atoms with Gasteiger partial charge in [-0.15, -0.1) is 17.9 Å². The molecule has 4 rings (SSSR count). The monoisotopic (exact) mass is 510 g/mol. The lowest BCUT2D eigenvalue weighted by molar-refractivity contribution is -0.135. The van der Waals surface area contributed by atoms with Crippen LogP contribution in [0.1, 0.15) is 27.6 Å². The van der Waals surface area contributed by atoms with E-state index in [0.717, 1.165) is 28.9 Å². The van der Waals surface area contributed by atoms with Crippen molar-refractivity contribution in [2.24, 2.45) is 0 Å². The third kappa shape index (κ3) is 5.66. The highest BCUT2D eigenvalue weighted by Crippen LogP contribution is 2.34. The summed E-state index contributed by atoms with van der Waals surface area (Å²) in [5.41, 5.74) is 3.18. The Kier molecular flexibility index (Phi) is 7.74. The number of amides is 1. The summed E-state index contributed by atoms with van der Waals surface area (Å²) in [7, 11) is -3.85. The Hall–Kier alpha value is -2.94. The molecule has 0 aliphatic carbocycles. The first-order chi connectivity index (χ1) is 16.8. The van der Waals surface area contributed by atoms with Gasteiger partial charge in [0.1, 0.15) is 12.4 Å². The van der Waals surface area contributed by atoms with Crippen LogP contribution in [0.5, 0.6) is 5.75 Å². The van der Waals surface area contributed by atoms with Crippen LogP contribution in [0.15, 0.2) is 77.5 Å². The lowest BCUT2D eigenvalue weighted by atomic mass is 10.0. The Balaban J connectivity index is 1.55. The molecule has 1 aromatic heterocycles. The molecule has 0 unspecified atom stereocenters. The van der Waals surface area contributed by atoms with Gasteiger partial charge in [-0.2, -0.15) is 4.31 Å². The van der Waals surface area contributed by atoms with Crippen LogP contribution in [0.25, 0.3) is 0 Å². The lowest BCUT2D eigenvalue weighted by Crippen LogP contribution is -2.47. The molecular formula is C27H30N2O4S2. The number of thiophene rings is 1. The maximum absolute atomic E-state index is 13.5. The van der Waals surface area contributed by atoms with Gasteiger partial charge in [0.05, 0.1) is 17.5 Å². The van der Waals surface area contributed by atoms with Crippen molar-refractivity contribution < 1.29 is 17.9 Å². The fourth-order valence-corrected chi connectivity index (χ4v) is 6.47. The largest absolute Gasteiger partial charge is 0.491 e. The summed E-state index contributed by atoms with van der Waals surface area (Å²) in [5.74, 6) is 0.484. The number of sulfonamides is 1. The lowest BCUT2D eigenvalue weighted by Gasteiger charge is -2.36. The number of hydrogen-bond donors (Lipinski definition) is 0. The standard InChI is InChI=1S/C27H30N2O4S2/c1-4-15-28(35(31,32)23-11-7-21(3)8-12-23)18-27(30)29-16-13-26-24(14-17-34-26)25(29)19-33-22-9-5-20(2)6-10-22/h4-12,14,17,25H,1,13,15-16,18-19H2,2-3H3/t25-/m0/s1. The third-order valence-corrected chi connectivity index (χ3v) is 8.97. The fraction of sp³-hybridized carbons (Fsp3) is 0.296. The van der Waals surface area contributed by atoms with Gasteiger partial charge < -0.3 is 9.64 Å². The van der Waals surface area contributed by atoms with Crippen molar-refractivity contribution in [3.05, 3.63) is 94.2 Å². The van der Waals surface area contributed by atoms with Crippen molar-refractivity contribution in [2.45, 2.75) is 31.2 Å². The normalized spacial score (nSPS) is 15.6. The van der Waals surface area contributed by atoms with Gasteiger partial charge in [0.2, 0.25) is 15.9 Å². The van der Waals surface area contributed by atoms with Crippen LogP contribution < -0.4 is 4.74 Å². The SMILES string of the molecule is C=CCN(CC(=O)N1CCc2sccc2[C@@H]1COc1ccc(C)cc1)S(=O)(=O)c1ccc(C)cc1. The predicted molar refractivity (Wildman–Crippen MR) is 139 cm³/mol. The topological polar surface area (TPSA) is 66.9 Å². The number of nitrogens with zero attached hydrogens (tertiary/aromatic N) is 2. The molecule has 6 nitrogen and oxygen atoms in total. The third-order valence-electron chi connectivity index (χ3n) is 6.15. The zero-order chi connectivity index (χ0) is 25.0. The predicted octanol–water partition coefficient (Wildman–Crippen LogP) is 4.75. The second-order valence-corrected chi connectivity index (χ2v) is 11.6. The number of carbonyl (C=O) groups is 1. The molecule has 0 saturated carbocycles. The van der Waals surface area contributed by atoms with E-state index in [2.05, 4.69) is 6.58 Å². The summed E-state index contributed by atoms with van der Waals surface area (Å²) in [4.78, 5) is 16.7. The quantitative estimate of drug-likeness (QED) is 0.390. The summed E-state index contributed by atoms with van der Waals surface area (Å²) >= 11 is 1.68. The summed E-state index contributed by atoms with van der Waals surface area (Å²) in [6.07, 6.45) is 2.25. The molecule has 0 bridgehead atoms. The molecule has 0 fully saturated rings. The van der Waals surface area contributed by atoms with Gasteiger partial charge in [-0.25, -0.2) is 8.42 Å². The molecule has 3 aromatic rings. The average Bonchev–Trinajstić information content (AvgIpc) is 3.32. The maximum Gasteiger partial charge on any atom is 0.243 e. The Bertz CT molecular complexity index is 1280. The van der Waals surface area contributed by atoms with Crippen molar-refractivity contribution >= 4 is 27.3 Å². The highest BCUT2D eigenvalue weighted by molar-refractivity contribution is 7.89. The zero-order valence-corrected chi connectivity index (χ0v) is 21.6. The summed E-state index contributed by atoms with van der Waals surface area (Å²) in [5, 5.41) is 2.03. The number of carbonyl (C=O) groups excluding carboxylic acids is 1. The van der Waals surface area contributed by atoms with Crippen molar-refractivity contribution in [3.8, 4) is 5.75 Å². The van der Waals surface area contributed by atoms with E-state index < -0.39 is 10.0 Å². The number of benzene rings is 2. The zero-order valence-electron chi connectivity index (χ0n) is 20.0. The van der Waals surface area contributed by atoms with Gasteiger partial charge in [0.15, 0.2) is 0 Å². The fourth-order valence-electron chi connectivity index (χ4n) is 4.18. The van der Waals surface area contributed by atoms with E-state index in [1.807, 2.05) is 49.6 Å². The van der Waals surface area contributed by atoms with E-state index in [-0.39, 0.29) is 29.9 Å². The van der Waals surface area contributed by atoms with E-state index in [1.165, 1.54) is 15.3 Å². The molecule has 1 aliphatic rings. The van der Waals surface area contributed by atoms with E-state index >= 15 is 0 Å². The molecule has 0 spiro atoms. The van der Waals surface area contributed by atoms with Crippen molar-refractivity contribution in [1.82, 2.24) is 9.21 Å². The first-order valence-corrected chi connectivity index (χ1v) is 13.8. The molecule has 1 atom stereocenters. The molecular weight excluding hydrogens is 480 g/mol. The summed E-state index contributed by atoms with van der Waals surface area (Å²) in [6.45, 7) is 8.21. The van der Waals surface area contributed by atoms with Crippen LogP contribution in [-0.2, 0) is 21.2 Å². The van der Waals surface area contributed by atoms with Gasteiger partial charge in [0.25, 0.3) is 0 Å². The van der Waals surface area contributed by atoms with Gasteiger partial charge in [-0.3, -0.25) is 4.79 Å². The maximum atomic E-state index is 13.5. The number of fused-ring (bicyclic) bond motifs is 1. The smallest absolute Gasteiger partial charge is 0.243 e. The van der Waals surface area contributed by atoms with E-state index in [4.69, 9.17) is 4.74 Å². The molecule has 1 aliphatic heterocycles. The first kappa shape index (κ1) is 25.2. The van der Waals surface area contributed by atoms with Gasteiger partial charge >= 0.3 is 0 Å². The molecule has 0 saturated heterocycles. The van der Waals surface area contributed by atoms with Gasteiger partial charge in [0, 0.05) is 18.0 Å². The van der Waals surface area contributed by atoms with Crippen LogP contribution in [0.4, 0.5) is 0 Å². The number of hydrogen-bond acceptors (Lipinski definition) is 5. The molecule has 184 valence electrons. The average molecular weight is 511 g/mol.